The van der Waals surface area contributed by atoms with E-state index in [4.69, 9.17) is 23.6 Å². The lowest BCUT2D eigenvalue weighted by molar-refractivity contribution is -0.130. The molecule has 298 valence electrons. The Balaban J connectivity index is 1.50. The Morgan fingerprint density at radius 3 is 1.95 bits per heavy atom. The summed E-state index contributed by atoms with van der Waals surface area (Å²) >= 11 is 0. The summed E-state index contributed by atoms with van der Waals surface area (Å²) in [6, 6.07) is 7.23. The number of imide groups is 1. The number of benzene rings is 1. The molecule has 1 unspecified atom stereocenters. The van der Waals surface area contributed by atoms with Crippen LogP contribution in [-0.4, -0.2) is 104 Å². The lowest BCUT2D eigenvalue weighted by Crippen LogP contribution is -2.44. The monoisotopic (exact) mass is 762 g/mol. The van der Waals surface area contributed by atoms with Crippen molar-refractivity contribution in [1.82, 2.24) is 30.0 Å². The molecule has 3 aromatic rings. The van der Waals surface area contributed by atoms with Crippen LogP contribution >= 0.6 is 0 Å². The number of anilines is 2. The highest BCUT2D eigenvalue weighted by Crippen LogP contribution is 2.42. The number of aromatic nitrogens is 4. The molecule has 2 aliphatic rings. The lowest BCUT2D eigenvalue weighted by atomic mass is 9.86. The van der Waals surface area contributed by atoms with Crippen LogP contribution in [0.3, 0.4) is 0 Å². The first-order chi connectivity index (χ1) is 25.6. The summed E-state index contributed by atoms with van der Waals surface area (Å²) in [5.74, 6) is 0.453. The molecule has 55 heavy (non-hydrogen) atoms. The predicted molar refractivity (Wildman–Crippen MR) is 204 cm³/mol. The molecule has 0 bridgehead atoms. The molecule has 5 rings (SSSR count). The van der Waals surface area contributed by atoms with E-state index in [2.05, 4.69) is 20.1 Å². The summed E-state index contributed by atoms with van der Waals surface area (Å²) in [7, 11) is 1.66. The minimum atomic E-state index is -1.02. The van der Waals surface area contributed by atoms with E-state index in [1.807, 2.05) is 44.7 Å². The molecule has 0 saturated carbocycles. The zero-order chi connectivity index (χ0) is 40.5. The van der Waals surface area contributed by atoms with Crippen molar-refractivity contribution in [2.75, 3.05) is 43.0 Å². The maximum absolute atomic E-state index is 13.7. The molecule has 16 heteroatoms. The molecule has 1 atom stereocenters. The van der Waals surface area contributed by atoms with E-state index in [9.17, 15) is 19.2 Å². The average molecular weight is 763 g/mol. The van der Waals surface area contributed by atoms with Gasteiger partial charge in [-0.05, 0) is 92.9 Å². The number of hydrogen-bond donors (Lipinski definition) is 0. The van der Waals surface area contributed by atoms with E-state index < -0.39 is 35.1 Å². The molecule has 0 N–H and O–H groups in total. The molecule has 2 saturated heterocycles. The quantitative estimate of drug-likeness (QED) is 0.224. The van der Waals surface area contributed by atoms with Crippen molar-refractivity contribution in [1.29, 1.82) is 0 Å². The fraction of sp³-hybridized carbons (Fsp3) is 0.590. The van der Waals surface area contributed by atoms with E-state index in [0.717, 1.165) is 18.4 Å². The smallest absolute Gasteiger partial charge is 0.425 e. The highest BCUT2D eigenvalue weighted by molar-refractivity contribution is 6.10. The van der Waals surface area contributed by atoms with E-state index in [0.29, 0.717) is 55.4 Å². The van der Waals surface area contributed by atoms with Gasteiger partial charge < -0.3 is 33.3 Å². The van der Waals surface area contributed by atoms with Crippen molar-refractivity contribution < 1.29 is 37.8 Å². The number of carbonyl (C=O) groups excluding carboxylic acids is 4. The molecular formula is C39H54N8O8. The van der Waals surface area contributed by atoms with Gasteiger partial charge in [0.25, 0.3) is 5.89 Å². The fourth-order valence-corrected chi connectivity index (χ4v) is 6.40. The molecule has 1 aromatic carbocycles. The zero-order valence-corrected chi connectivity index (χ0v) is 33.9. The molecule has 0 radical (unpaired) electrons. The van der Waals surface area contributed by atoms with Gasteiger partial charge in [-0.3, -0.25) is 4.79 Å². The van der Waals surface area contributed by atoms with Crippen LogP contribution in [0.4, 0.5) is 26.0 Å². The van der Waals surface area contributed by atoms with Crippen molar-refractivity contribution in [3.8, 4) is 23.0 Å². The zero-order valence-electron chi connectivity index (χ0n) is 33.9. The van der Waals surface area contributed by atoms with Crippen LogP contribution in [0.5, 0.6) is 0 Å². The first kappa shape index (κ1) is 40.9. The number of carbonyl (C=O) groups is 4. The van der Waals surface area contributed by atoms with Gasteiger partial charge in [0.05, 0.1) is 6.20 Å². The third-order valence-corrected chi connectivity index (χ3v) is 8.91. The summed E-state index contributed by atoms with van der Waals surface area (Å²) in [4.78, 5) is 68.1. The highest BCUT2D eigenvalue weighted by Gasteiger charge is 2.45. The van der Waals surface area contributed by atoms with Crippen molar-refractivity contribution >= 4 is 35.8 Å². The first-order valence-electron chi connectivity index (χ1n) is 18.6. The van der Waals surface area contributed by atoms with Crippen molar-refractivity contribution in [2.24, 2.45) is 5.41 Å². The van der Waals surface area contributed by atoms with Gasteiger partial charge in [0, 0.05) is 57.2 Å². The van der Waals surface area contributed by atoms with Crippen molar-refractivity contribution in [3.05, 3.63) is 36.0 Å². The second-order valence-corrected chi connectivity index (χ2v) is 17.2. The van der Waals surface area contributed by atoms with Crippen molar-refractivity contribution in [3.63, 3.8) is 0 Å². The molecule has 4 amide bonds. The van der Waals surface area contributed by atoms with Crippen LogP contribution in [0, 0.1) is 5.41 Å². The second kappa shape index (κ2) is 15.5. The van der Waals surface area contributed by atoms with Gasteiger partial charge >= 0.3 is 18.3 Å². The second-order valence-electron chi connectivity index (χ2n) is 17.2. The van der Waals surface area contributed by atoms with Crippen molar-refractivity contribution in [2.45, 2.75) is 112 Å². The molecule has 1 spiro atoms. The highest BCUT2D eigenvalue weighted by atomic mass is 16.6. The molecular weight excluding hydrogens is 708 g/mol. The molecule has 2 fully saturated rings. The summed E-state index contributed by atoms with van der Waals surface area (Å²) in [5.41, 5.74) is -1.23. The third kappa shape index (κ3) is 10.3. The number of nitrogens with zero attached hydrogens (tertiary/aromatic N) is 8. The maximum Gasteiger partial charge on any atom is 0.425 e. The van der Waals surface area contributed by atoms with Crippen LogP contribution in [0.25, 0.3) is 23.0 Å². The average Bonchev–Trinajstić information content (AvgIpc) is 3.83. The summed E-state index contributed by atoms with van der Waals surface area (Å²) < 4.78 is 22.9. The van der Waals surface area contributed by atoms with E-state index in [-0.39, 0.29) is 34.6 Å². The maximum atomic E-state index is 13.7. The Labute approximate surface area is 322 Å². The van der Waals surface area contributed by atoms with Crippen LogP contribution in [0.15, 0.2) is 34.9 Å². The van der Waals surface area contributed by atoms with Gasteiger partial charge in [-0.1, -0.05) is 19.1 Å². The summed E-state index contributed by atoms with van der Waals surface area (Å²) in [6.45, 7) is 20.4. The van der Waals surface area contributed by atoms with E-state index in [1.54, 1.807) is 60.7 Å². The largest absolute Gasteiger partial charge is 0.444 e. The van der Waals surface area contributed by atoms with Crippen LogP contribution < -0.4 is 9.80 Å². The lowest BCUT2D eigenvalue weighted by Gasteiger charge is -2.29. The molecule has 2 aromatic heterocycles. The molecule has 0 aliphatic carbocycles. The van der Waals surface area contributed by atoms with Gasteiger partial charge in [-0.15, -0.1) is 10.2 Å². The normalized spacial score (nSPS) is 17.4. The van der Waals surface area contributed by atoms with Gasteiger partial charge in [0.15, 0.2) is 11.5 Å². The topological polar surface area (TPSA) is 174 Å². The molecule has 16 nitrogen and oxygen atoms in total. The number of rotatable bonds is 7. The molecule has 2 aliphatic heterocycles. The van der Waals surface area contributed by atoms with Crippen LogP contribution in [0.2, 0.25) is 0 Å². The Bertz CT molecular complexity index is 1860. The number of ether oxygens (including phenoxy) is 3. The summed E-state index contributed by atoms with van der Waals surface area (Å²) in [5, 5.41) is 8.57. The number of amides is 4. The van der Waals surface area contributed by atoms with Gasteiger partial charge in [0.2, 0.25) is 11.8 Å². The summed E-state index contributed by atoms with van der Waals surface area (Å²) in [6.07, 6.45) is 1.20. The standard InChI is InChI=1S/C39H54N8O8/c1-12-28(48)46-20-18-39(24-46)17-19-45(23-39)27-21-40-30(47(34(50)54-37(5,6)7)35(51)55-38(8,9)10)29(41-27)32-43-42-31(52-32)26-15-13-25(14-16-26)22-44(11)33(49)53-36(2,3)4/h13-16,21H,12,17-20,22-24H2,1-11H3. The predicted octanol–water partition coefficient (Wildman–Crippen LogP) is 7.08. The SMILES string of the molecule is CCC(=O)N1CCC2(CCN(c3cnc(N(C(=O)OC(C)(C)C)C(=O)OC(C)(C)C)c(-c4nnc(-c5ccc(CN(C)C(=O)OC(C)(C)C)cc5)o4)n3)C2)C1. The Hall–Kier alpha value is -5.28. The Morgan fingerprint density at radius 1 is 0.800 bits per heavy atom. The van der Waals surface area contributed by atoms with Crippen LogP contribution in [0.1, 0.15) is 94.1 Å². The minimum absolute atomic E-state index is 0.0290. The van der Waals surface area contributed by atoms with Crippen LogP contribution in [-0.2, 0) is 25.5 Å². The Morgan fingerprint density at radius 2 is 1.36 bits per heavy atom. The third-order valence-electron chi connectivity index (χ3n) is 8.91. The minimum Gasteiger partial charge on any atom is -0.444 e. The van der Waals surface area contributed by atoms with Gasteiger partial charge in [-0.25, -0.2) is 24.4 Å². The van der Waals surface area contributed by atoms with E-state index in [1.165, 1.54) is 11.1 Å². The van der Waals surface area contributed by atoms with E-state index >= 15 is 0 Å². The number of hydrogen-bond acceptors (Lipinski definition) is 13. The van der Waals surface area contributed by atoms with Gasteiger partial charge in [-0.2, -0.15) is 4.90 Å². The fourth-order valence-electron chi connectivity index (χ4n) is 6.40. The van der Waals surface area contributed by atoms with Gasteiger partial charge in [0.1, 0.15) is 22.6 Å². The molecule has 4 heterocycles. The number of likely N-dealkylation sites (tertiary alicyclic amines) is 1. The Kier molecular flexibility index (Phi) is 11.5. The first-order valence-corrected chi connectivity index (χ1v) is 18.6.